The Morgan fingerprint density at radius 1 is 1.20 bits per heavy atom. The predicted octanol–water partition coefficient (Wildman–Crippen LogP) is 2.23. The summed E-state index contributed by atoms with van der Waals surface area (Å²) in [7, 11) is 0. The van der Waals surface area contributed by atoms with E-state index in [2.05, 4.69) is 15.3 Å². The molecule has 1 atom stereocenters. The van der Waals surface area contributed by atoms with Gasteiger partial charge in [-0.05, 0) is 18.6 Å². The molecule has 9 heteroatoms. The van der Waals surface area contributed by atoms with E-state index in [0.29, 0.717) is 5.56 Å². The predicted molar refractivity (Wildman–Crippen MR) is 80.8 cm³/mol. The van der Waals surface area contributed by atoms with Gasteiger partial charge in [0.2, 0.25) is 5.82 Å². The van der Waals surface area contributed by atoms with Gasteiger partial charge in [-0.2, -0.15) is 13.2 Å². The lowest BCUT2D eigenvalue weighted by Crippen LogP contribution is -2.42. The minimum Gasteiger partial charge on any atom is -0.480 e. The first-order chi connectivity index (χ1) is 11.7. The summed E-state index contributed by atoms with van der Waals surface area (Å²) in [6, 6.07) is 8.28. The van der Waals surface area contributed by atoms with Crippen LogP contribution >= 0.6 is 0 Å². The molecule has 6 nitrogen and oxygen atoms in total. The first-order valence-electron chi connectivity index (χ1n) is 7.17. The number of nitrogens with one attached hydrogen (secondary N) is 1. The van der Waals surface area contributed by atoms with E-state index >= 15 is 0 Å². The van der Waals surface area contributed by atoms with Crippen molar-refractivity contribution in [2.24, 2.45) is 0 Å². The average molecular weight is 353 g/mol. The third-order valence-corrected chi connectivity index (χ3v) is 3.23. The fraction of sp³-hybridized carbons (Fsp3) is 0.250. The van der Waals surface area contributed by atoms with Gasteiger partial charge < -0.3 is 10.4 Å². The first kappa shape index (κ1) is 18.4. The topological polar surface area (TPSA) is 92.2 Å². The van der Waals surface area contributed by atoms with Crippen molar-refractivity contribution in [3.63, 3.8) is 0 Å². The molecule has 132 valence electrons. The van der Waals surface area contributed by atoms with Crippen molar-refractivity contribution in [1.29, 1.82) is 0 Å². The van der Waals surface area contributed by atoms with Gasteiger partial charge in [0.25, 0.3) is 5.91 Å². The van der Waals surface area contributed by atoms with Crippen LogP contribution in [0.25, 0.3) is 0 Å². The van der Waals surface area contributed by atoms with Crippen LogP contribution in [0.2, 0.25) is 0 Å². The standard InChI is InChI=1S/C16H14F3N3O3/c1-9-7-11(22-15(20-9)16(17,18)19)13(23)21-12(14(24)25)8-10-5-3-2-4-6-10/h2-7,12H,8H2,1H3,(H,21,23)(H,24,25)/t12-/m1/s1. The second-order valence-corrected chi connectivity index (χ2v) is 5.27. The number of carbonyl (C=O) groups excluding carboxylic acids is 1. The van der Waals surface area contributed by atoms with Crippen LogP contribution in [0.4, 0.5) is 13.2 Å². The van der Waals surface area contributed by atoms with E-state index in [1.54, 1.807) is 30.3 Å². The van der Waals surface area contributed by atoms with Crippen LogP contribution in [0, 0.1) is 6.92 Å². The number of carboxylic acids is 1. The molecule has 0 bridgehead atoms. The Morgan fingerprint density at radius 2 is 1.84 bits per heavy atom. The van der Waals surface area contributed by atoms with Crippen molar-refractivity contribution < 1.29 is 27.9 Å². The van der Waals surface area contributed by atoms with Crippen molar-refractivity contribution in [2.45, 2.75) is 25.6 Å². The Hall–Kier alpha value is -2.97. The summed E-state index contributed by atoms with van der Waals surface area (Å²) in [4.78, 5) is 29.9. The molecular formula is C16H14F3N3O3. The lowest BCUT2D eigenvalue weighted by molar-refractivity contribution is -0.145. The van der Waals surface area contributed by atoms with Crippen LogP contribution in [0.5, 0.6) is 0 Å². The second-order valence-electron chi connectivity index (χ2n) is 5.27. The normalized spacial score (nSPS) is 12.5. The number of nitrogens with zero attached hydrogens (tertiary/aromatic N) is 2. The molecule has 0 aliphatic carbocycles. The molecule has 1 amide bonds. The SMILES string of the molecule is Cc1cc(C(=O)N[C@H](Cc2ccccc2)C(=O)O)nc(C(F)(F)F)n1. The molecule has 25 heavy (non-hydrogen) atoms. The van der Waals surface area contributed by atoms with E-state index in [1.165, 1.54) is 6.92 Å². The summed E-state index contributed by atoms with van der Waals surface area (Å²) >= 11 is 0. The number of carbonyl (C=O) groups is 2. The smallest absolute Gasteiger partial charge is 0.451 e. The van der Waals surface area contributed by atoms with Crippen LogP contribution in [0.1, 0.15) is 27.6 Å². The molecule has 0 saturated carbocycles. The third kappa shape index (κ3) is 5.00. The van der Waals surface area contributed by atoms with Gasteiger partial charge in [0.1, 0.15) is 11.7 Å². The van der Waals surface area contributed by atoms with Crippen LogP contribution in [-0.4, -0.2) is 33.0 Å². The van der Waals surface area contributed by atoms with Crippen molar-refractivity contribution in [3.8, 4) is 0 Å². The number of benzene rings is 1. The number of aryl methyl sites for hydroxylation is 1. The molecule has 1 aromatic carbocycles. The van der Waals surface area contributed by atoms with Crippen molar-refractivity contribution in [1.82, 2.24) is 15.3 Å². The van der Waals surface area contributed by atoms with E-state index in [9.17, 15) is 27.9 Å². The van der Waals surface area contributed by atoms with Gasteiger partial charge in [-0.3, -0.25) is 4.79 Å². The summed E-state index contributed by atoms with van der Waals surface area (Å²) in [5.41, 5.74) is 0.0617. The minimum absolute atomic E-state index is 0.0158. The zero-order valence-corrected chi connectivity index (χ0v) is 13.0. The van der Waals surface area contributed by atoms with Gasteiger partial charge in [0.15, 0.2) is 0 Å². The lowest BCUT2D eigenvalue weighted by Gasteiger charge is -2.15. The molecular weight excluding hydrogens is 339 g/mol. The van der Waals surface area contributed by atoms with Crippen LogP contribution in [-0.2, 0) is 17.4 Å². The first-order valence-corrected chi connectivity index (χ1v) is 7.17. The Morgan fingerprint density at radius 3 is 2.40 bits per heavy atom. The monoisotopic (exact) mass is 353 g/mol. The van der Waals surface area contributed by atoms with Crippen LogP contribution in [0.15, 0.2) is 36.4 Å². The largest absolute Gasteiger partial charge is 0.480 e. The highest BCUT2D eigenvalue weighted by Crippen LogP contribution is 2.26. The summed E-state index contributed by atoms with van der Waals surface area (Å²) in [6.07, 6.45) is -4.82. The molecule has 0 spiro atoms. The molecule has 0 aliphatic rings. The van der Waals surface area contributed by atoms with Crippen molar-refractivity contribution in [2.75, 3.05) is 0 Å². The zero-order valence-electron chi connectivity index (χ0n) is 13.0. The molecule has 1 heterocycles. The highest BCUT2D eigenvalue weighted by Gasteiger charge is 2.36. The number of aliphatic carboxylic acids is 1. The second kappa shape index (κ2) is 7.29. The number of halogens is 3. The highest BCUT2D eigenvalue weighted by molar-refractivity contribution is 5.95. The maximum absolute atomic E-state index is 12.7. The van der Waals surface area contributed by atoms with Crippen molar-refractivity contribution >= 4 is 11.9 Å². The highest BCUT2D eigenvalue weighted by atomic mass is 19.4. The van der Waals surface area contributed by atoms with Gasteiger partial charge in [-0.15, -0.1) is 0 Å². The molecule has 2 rings (SSSR count). The maximum atomic E-state index is 12.7. The summed E-state index contributed by atoms with van der Waals surface area (Å²) in [5.74, 6) is -3.77. The van der Waals surface area contributed by atoms with E-state index in [4.69, 9.17) is 0 Å². The quantitative estimate of drug-likeness (QED) is 0.860. The molecule has 0 aliphatic heterocycles. The zero-order chi connectivity index (χ0) is 18.6. The third-order valence-electron chi connectivity index (χ3n) is 3.23. The lowest BCUT2D eigenvalue weighted by atomic mass is 10.1. The Kier molecular flexibility index (Phi) is 5.35. The summed E-state index contributed by atoms with van der Waals surface area (Å²) < 4.78 is 38.2. The van der Waals surface area contributed by atoms with Gasteiger partial charge in [-0.25, -0.2) is 14.8 Å². The number of hydrogen-bond donors (Lipinski definition) is 2. The number of alkyl halides is 3. The number of hydrogen-bond acceptors (Lipinski definition) is 4. The molecule has 2 N–H and O–H groups in total. The Balaban J connectivity index is 2.21. The van der Waals surface area contributed by atoms with Gasteiger partial charge >= 0.3 is 12.1 Å². The van der Waals surface area contributed by atoms with Crippen LogP contribution < -0.4 is 5.32 Å². The number of amides is 1. The van der Waals surface area contributed by atoms with E-state index in [0.717, 1.165) is 6.07 Å². The van der Waals surface area contributed by atoms with Gasteiger partial charge in [-0.1, -0.05) is 30.3 Å². The summed E-state index contributed by atoms with van der Waals surface area (Å²) in [5, 5.41) is 11.4. The summed E-state index contributed by atoms with van der Waals surface area (Å²) in [6.45, 7) is 1.28. The molecule has 1 aromatic heterocycles. The van der Waals surface area contributed by atoms with Crippen LogP contribution in [0.3, 0.4) is 0 Å². The van der Waals surface area contributed by atoms with Gasteiger partial charge in [0.05, 0.1) is 0 Å². The molecule has 0 radical (unpaired) electrons. The fourth-order valence-corrected chi connectivity index (χ4v) is 2.09. The average Bonchev–Trinajstić information content (AvgIpc) is 2.53. The molecule has 0 unspecified atom stereocenters. The molecule has 0 fully saturated rings. The van der Waals surface area contributed by atoms with E-state index in [-0.39, 0.29) is 12.1 Å². The number of aromatic nitrogens is 2. The van der Waals surface area contributed by atoms with E-state index < -0.39 is 35.6 Å². The van der Waals surface area contributed by atoms with E-state index in [1.807, 2.05) is 0 Å². The number of rotatable bonds is 5. The fourth-order valence-electron chi connectivity index (χ4n) is 2.09. The van der Waals surface area contributed by atoms with Gasteiger partial charge in [0, 0.05) is 12.1 Å². The Labute approximate surface area is 140 Å². The molecule has 0 saturated heterocycles. The maximum Gasteiger partial charge on any atom is 0.451 e. The number of carboxylic acid groups (broad SMARTS) is 1. The molecule has 2 aromatic rings. The Bertz CT molecular complexity index is 779. The minimum atomic E-state index is -4.81. The van der Waals surface area contributed by atoms with Crippen molar-refractivity contribution in [3.05, 3.63) is 59.2 Å².